The number of sulfone groups is 1. The Balaban J connectivity index is 1.52. The van der Waals surface area contributed by atoms with Crippen LogP contribution in [0.15, 0.2) is 24.3 Å². The molecule has 0 radical (unpaired) electrons. The van der Waals surface area contributed by atoms with Crippen molar-refractivity contribution < 1.29 is 8.42 Å². The third-order valence-corrected chi connectivity index (χ3v) is 7.21. The maximum atomic E-state index is 11.6. The number of piperazine rings is 1. The third-order valence-electron chi connectivity index (χ3n) is 5.37. The molecule has 0 unspecified atom stereocenters. The monoisotopic (exact) mass is 336 g/mol. The van der Waals surface area contributed by atoms with Crippen molar-refractivity contribution in [3.8, 4) is 0 Å². The van der Waals surface area contributed by atoms with Gasteiger partial charge in [-0.25, -0.2) is 8.42 Å². The molecular weight excluding hydrogens is 308 g/mol. The molecule has 2 fully saturated rings. The summed E-state index contributed by atoms with van der Waals surface area (Å²) in [5, 5.41) is 0. The average Bonchev–Trinajstić information content (AvgIpc) is 2.86. The first kappa shape index (κ1) is 16.8. The molecule has 0 aliphatic carbocycles. The van der Waals surface area contributed by atoms with Gasteiger partial charge in [0, 0.05) is 31.4 Å². The van der Waals surface area contributed by atoms with E-state index in [2.05, 4.69) is 47.9 Å². The molecule has 0 N–H and O–H groups in total. The molecule has 3 rings (SSSR count). The number of anilines is 1. The zero-order chi connectivity index (χ0) is 16.4. The molecule has 23 heavy (non-hydrogen) atoms. The fourth-order valence-corrected chi connectivity index (χ4v) is 5.82. The van der Waals surface area contributed by atoms with Gasteiger partial charge in [0.05, 0.1) is 11.5 Å². The van der Waals surface area contributed by atoms with Crippen LogP contribution in [0.5, 0.6) is 0 Å². The van der Waals surface area contributed by atoms with Gasteiger partial charge in [0.15, 0.2) is 9.84 Å². The van der Waals surface area contributed by atoms with E-state index in [4.69, 9.17) is 0 Å². The van der Waals surface area contributed by atoms with Crippen LogP contribution in [-0.2, 0) is 9.84 Å². The highest BCUT2D eigenvalue weighted by Gasteiger charge is 2.30. The number of rotatable bonds is 4. The second kappa shape index (κ2) is 6.81. The molecule has 0 saturated carbocycles. The summed E-state index contributed by atoms with van der Waals surface area (Å²) in [6, 6.07) is 9.10. The van der Waals surface area contributed by atoms with E-state index >= 15 is 0 Å². The van der Waals surface area contributed by atoms with Crippen LogP contribution in [-0.4, -0.2) is 57.0 Å². The number of benzene rings is 1. The van der Waals surface area contributed by atoms with Crippen molar-refractivity contribution in [3.63, 3.8) is 0 Å². The molecule has 0 bridgehead atoms. The van der Waals surface area contributed by atoms with Crippen LogP contribution in [0.3, 0.4) is 0 Å². The minimum Gasteiger partial charge on any atom is -0.368 e. The van der Waals surface area contributed by atoms with Crippen LogP contribution in [0.4, 0.5) is 5.69 Å². The first-order valence-electron chi connectivity index (χ1n) is 8.70. The van der Waals surface area contributed by atoms with Gasteiger partial charge < -0.3 is 4.90 Å². The van der Waals surface area contributed by atoms with Crippen LogP contribution in [0.2, 0.25) is 0 Å². The Morgan fingerprint density at radius 2 is 2.00 bits per heavy atom. The highest BCUT2D eigenvalue weighted by Crippen LogP contribution is 2.25. The maximum Gasteiger partial charge on any atom is 0.150 e. The molecule has 5 heteroatoms. The quantitative estimate of drug-likeness (QED) is 0.846. The minimum absolute atomic E-state index is 0.376. The summed E-state index contributed by atoms with van der Waals surface area (Å²) in [7, 11) is -2.74. The first-order chi connectivity index (χ1) is 10.9. The Morgan fingerprint density at radius 1 is 1.22 bits per heavy atom. The van der Waals surface area contributed by atoms with E-state index in [0.717, 1.165) is 39.0 Å². The van der Waals surface area contributed by atoms with Gasteiger partial charge in [-0.15, -0.1) is 0 Å². The van der Waals surface area contributed by atoms with Crippen molar-refractivity contribution in [1.29, 1.82) is 0 Å². The Labute approximate surface area is 140 Å². The molecule has 1 aromatic carbocycles. The summed E-state index contributed by atoms with van der Waals surface area (Å²) in [6.07, 6.45) is 1.88. The van der Waals surface area contributed by atoms with Crippen LogP contribution < -0.4 is 4.90 Å². The Bertz CT molecular complexity index is 644. The van der Waals surface area contributed by atoms with E-state index in [9.17, 15) is 8.42 Å². The third kappa shape index (κ3) is 4.07. The van der Waals surface area contributed by atoms with Crippen molar-refractivity contribution in [3.05, 3.63) is 29.8 Å². The van der Waals surface area contributed by atoms with Crippen LogP contribution in [0.25, 0.3) is 0 Å². The number of nitrogens with zero attached hydrogens (tertiary/aromatic N) is 2. The highest BCUT2D eigenvalue weighted by atomic mass is 32.2. The largest absolute Gasteiger partial charge is 0.368 e. The molecule has 2 saturated heterocycles. The Morgan fingerprint density at radius 3 is 2.65 bits per heavy atom. The molecule has 2 heterocycles. The summed E-state index contributed by atoms with van der Waals surface area (Å²) in [5.74, 6) is 1.18. The van der Waals surface area contributed by atoms with Crippen LogP contribution in [0.1, 0.15) is 25.3 Å². The Kier molecular flexibility index (Phi) is 4.97. The van der Waals surface area contributed by atoms with E-state index in [1.807, 2.05) is 0 Å². The van der Waals surface area contributed by atoms with Crippen LogP contribution in [0, 0.1) is 12.8 Å². The predicted molar refractivity (Wildman–Crippen MR) is 95.8 cm³/mol. The topological polar surface area (TPSA) is 40.6 Å². The van der Waals surface area contributed by atoms with Gasteiger partial charge in [-0.3, -0.25) is 4.90 Å². The smallest absolute Gasteiger partial charge is 0.150 e. The van der Waals surface area contributed by atoms with E-state index < -0.39 is 9.84 Å². The summed E-state index contributed by atoms with van der Waals surface area (Å²) in [6.45, 7) is 8.66. The lowest BCUT2D eigenvalue weighted by Crippen LogP contribution is -2.52. The van der Waals surface area contributed by atoms with Crippen molar-refractivity contribution in [2.24, 2.45) is 5.92 Å². The molecule has 1 aromatic rings. The standard InChI is InChI=1S/C18H28N2O2S/c1-15-5-3-4-6-18(15)20-11-10-19(16(2)13-20)9-7-17-8-12-23(21,22)14-17/h3-6,16-17H,7-14H2,1-2H3/t16-,17+/m0/s1. The van der Waals surface area contributed by atoms with Gasteiger partial charge in [0.2, 0.25) is 0 Å². The van der Waals surface area contributed by atoms with Crippen molar-refractivity contribution >= 4 is 15.5 Å². The van der Waals surface area contributed by atoms with Gasteiger partial charge >= 0.3 is 0 Å². The molecule has 2 aliphatic rings. The maximum absolute atomic E-state index is 11.6. The normalized spacial score (nSPS) is 28.2. The fourth-order valence-electron chi connectivity index (χ4n) is 3.91. The lowest BCUT2D eigenvalue weighted by atomic mass is 10.0. The first-order valence-corrected chi connectivity index (χ1v) is 10.5. The van der Waals surface area contributed by atoms with Crippen molar-refractivity contribution in [1.82, 2.24) is 4.90 Å². The van der Waals surface area contributed by atoms with E-state index in [1.54, 1.807) is 0 Å². The van der Waals surface area contributed by atoms with E-state index in [0.29, 0.717) is 23.5 Å². The van der Waals surface area contributed by atoms with Gasteiger partial charge in [0.25, 0.3) is 0 Å². The lowest BCUT2D eigenvalue weighted by molar-refractivity contribution is 0.179. The second-order valence-corrected chi connectivity index (χ2v) is 9.40. The molecule has 0 amide bonds. The average molecular weight is 337 g/mol. The number of hydrogen-bond donors (Lipinski definition) is 0. The number of hydrogen-bond acceptors (Lipinski definition) is 4. The van der Waals surface area contributed by atoms with Gasteiger partial charge in [-0.2, -0.15) is 0 Å². The molecule has 0 spiro atoms. The predicted octanol–water partition coefficient (Wildman–Crippen LogP) is 2.33. The number of aryl methyl sites for hydroxylation is 1. The highest BCUT2D eigenvalue weighted by molar-refractivity contribution is 7.91. The molecule has 128 valence electrons. The summed E-state index contributed by atoms with van der Waals surface area (Å²) in [5.41, 5.74) is 2.69. The summed E-state index contributed by atoms with van der Waals surface area (Å²) >= 11 is 0. The molecule has 2 aliphatic heterocycles. The zero-order valence-electron chi connectivity index (χ0n) is 14.2. The molecule has 2 atom stereocenters. The van der Waals surface area contributed by atoms with Crippen LogP contribution >= 0.6 is 0 Å². The van der Waals surface area contributed by atoms with E-state index in [-0.39, 0.29) is 0 Å². The summed E-state index contributed by atoms with van der Waals surface area (Å²) in [4.78, 5) is 5.01. The molecular formula is C18H28N2O2S. The Hall–Kier alpha value is -1.07. The van der Waals surface area contributed by atoms with Gasteiger partial charge in [-0.1, -0.05) is 18.2 Å². The van der Waals surface area contributed by atoms with Crippen molar-refractivity contribution in [2.45, 2.75) is 32.7 Å². The molecule has 4 nitrogen and oxygen atoms in total. The minimum atomic E-state index is -2.74. The SMILES string of the molecule is Cc1ccccc1N1CCN(CC[C@@H]2CCS(=O)(=O)C2)[C@@H](C)C1. The number of para-hydroxylation sites is 1. The second-order valence-electron chi connectivity index (χ2n) is 7.18. The zero-order valence-corrected chi connectivity index (χ0v) is 15.1. The summed E-state index contributed by atoms with van der Waals surface area (Å²) < 4.78 is 23.1. The lowest BCUT2D eigenvalue weighted by Gasteiger charge is -2.41. The fraction of sp³-hybridized carbons (Fsp3) is 0.667. The van der Waals surface area contributed by atoms with Gasteiger partial charge in [0.1, 0.15) is 0 Å². The van der Waals surface area contributed by atoms with Gasteiger partial charge in [-0.05, 0) is 50.8 Å². The van der Waals surface area contributed by atoms with E-state index in [1.165, 1.54) is 11.3 Å². The van der Waals surface area contributed by atoms with Crippen molar-refractivity contribution in [2.75, 3.05) is 42.6 Å². The molecule has 0 aromatic heterocycles.